The maximum absolute atomic E-state index is 13.8. The maximum Gasteiger partial charge on any atom is 0.268 e. The molecule has 0 aliphatic carbocycles. The number of anilines is 1. The van der Waals surface area contributed by atoms with Crippen molar-refractivity contribution in [2.24, 2.45) is 0 Å². The molecule has 2 aromatic rings. The lowest BCUT2D eigenvalue weighted by molar-refractivity contribution is -0.119. The molecule has 0 unspecified atom stereocenters. The van der Waals surface area contributed by atoms with Crippen LogP contribution in [0.5, 0.6) is 11.5 Å². The number of carbonyl (C=O) groups excluding carboxylic acids is 1. The molecule has 1 N–H and O–H groups in total. The van der Waals surface area contributed by atoms with Gasteiger partial charge in [0, 0.05) is 26.2 Å². The van der Waals surface area contributed by atoms with Crippen molar-refractivity contribution in [1.82, 2.24) is 10.2 Å². The van der Waals surface area contributed by atoms with Crippen LogP contribution < -0.4 is 19.1 Å². The van der Waals surface area contributed by atoms with E-state index in [1.165, 1.54) is 26.4 Å². The van der Waals surface area contributed by atoms with E-state index in [1.54, 1.807) is 31.2 Å². The van der Waals surface area contributed by atoms with Crippen LogP contribution in [0.2, 0.25) is 5.02 Å². The number of aryl methyl sites for hydroxylation is 1. The van der Waals surface area contributed by atoms with Gasteiger partial charge in [-0.2, -0.15) is 0 Å². The number of benzene rings is 2. The van der Waals surface area contributed by atoms with Crippen LogP contribution in [0.15, 0.2) is 41.3 Å². The highest BCUT2D eigenvalue weighted by Gasteiger charge is 2.30. The Hall–Kier alpha value is -2.53. The van der Waals surface area contributed by atoms with Gasteiger partial charge in [0.05, 0.1) is 38.1 Å². The third kappa shape index (κ3) is 6.32. The van der Waals surface area contributed by atoms with Crippen LogP contribution in [0.4, 0.5) is 5.69 Å². The highest BCUT2D eigenvalue weighted by Crippen LogP contribution is 2.34. The van der Waals surface area contributed by atoms with Gasteiger partial charge in [-0.1, -0.05) is 17.7 Å². The third-order valence-corrected chi connectivity index (χ3v) is 7.54. The molecule has 9 nitrogen and oxygen atoms in total. The van der Waals surface area contributed by atoms with Crippen molar-refractivity contribution in [1.29, 1.82) is 0 Å². The van der Waals surface area contributed by atoms with Crippen molar-refractivity contribution in [3.8, 4) is 11.5 Å². The van der Waals surface area contributed by atoms with Gasteiger partial charge < -0.3 is 19.5 Å². The maximum atomic E-state index is 13.8. The summed E-state index contributed by atoms with van der Waals surface area (Å²) in [5.74, 6) is 0.143. The van der Waals surface area contributed by atoms with Crippen LogP contribution in [0.3, 0.4) is 0 Å². The summed E-state index contributed by atoms with van der Waals surface area (Å²) in [7, 11) is -1.31. The number of nitrogens with zero attached hydrogens (tertiary/aromatic N) is 2. The number of sulfonamides is 1. The highest BCUT2D eigenvalue weighted by atomic mass is 35.5. The molecule has 1 heterocycles. The standard InChI is InChI=1S/C23H30ClN3O6S/c1-17-4-6-21(32-3)22(14-17)34(29,30)27(18-5-7-20(31-2)19(24)15-18)16-23(28)25-8-9-26-10-12-33-13-11-26/h4-7,14-15H,8-13,16H2,1-3H3,(H,25,28). The van der Waals surface area contributed by atoms with Gasteiger partial charge in [0.2, 0.25) is 5.91 Å². The smallest absolute Gasteiger partial charge is 0.268 e. The molecule has 0 aromatic heterocycles. The lowest BCUT2D eigenvalue weighted by Gasteiger charge is -2.27. The van der Waals surface area contributed by atoms with Gasteiger partial charge in [0.1, 0.15) is 22.9 Å². The van der Waals surface area contributed by atoms with E-state index < -0.39 is 22.5 Å². The number of morpholine rings is 1. The number of hydrogen-bond donors (Lipinski definition) is 1. The van der Waals surface area contributed by atoms with Crippen molar-refractivity contribution in [3.63, 3.8) is 0 Å². The Bertz CT molecular complexity index is 1110. The minimum absolute atomic E-state index is 0.0388. The average Bonchev–Trinajstić information content (AvgIpc) is 2.83. The molecule has 34 heavy (non-hydrogen) atoms. The van der Waals surface area contributed by atoms with E-state index in [4.69, 9.17) is 25.8 Å². The topological polar surface area (TPSA) is 97.4 Å². The molecule has 0 bridgehead atoms. The number of hydrogen-bond acceptors (Lipinski definition) is 7. The second-order valence-corrected chi connectivity index (χ2v) is 10.0. The number of methoxy groups -OCH3 is 2. The van der Waals surface area contributed by atoms with Gasteiger partial charge in [-0.25, -0.2) is 8.42 Å². The van der Waals surface area contributed by atoms with Gasteiger partial charge in [-0.05, 0) is 42.8 Å². The molecule has 1 fully saturated rings. The second-order valence-electron chi connectivity index (χ2n) is 7.79. The van der Waals surface area contributed by atoms with Gasteiger partial charge in [-0.15, -0.1) is 0 Å². The minimum atomic E-state index is -4.18. The quantitative estimate of drug-likeness (QED) is 0.522. The van der Waals surface area contributed by atoms with Crippen molar-refractivity contribution in [3.05, 3.63) is 47.0 Å². The summed E-state index contributed by atoms with van der Waals surface area (Å²) in [6.45, 7) is 5.33. The van der Waals surface area contributed by atoms with E-state index in [0.717, 1.165) is 23.0 Å². The molecule has 2 aromatic carbocycles. The fraction of sp³-hybridized carbons (Fsp3) is 0.435. The second kappa shape index (κ2) is 11.7. The third-order valence-electron chi connectivity index (χ3n) is 5.45. The van der Waals surface area contributed by atoms with Gasteiger partial charge in [0.25, 0.3) is 10.0 Å². The Morgan fingerprint density at radius 3 is 2.44 bits per heavy atom. The predicted molar refractivity (Wildman–Crippen MR) is 131 cm³/mol. The number of halogens is 1. The van der Waals surface area contributed by atoms with Crippen molar-refractivity contribution >= 4 is 33.2 Å². The fourth-order valence-electron chi connectivity index (χ4n) is 3.59. The molecule has 1 aliphatic heterocycles. The highest BCUT2D eigenvalue weighted by molar-refractivity contribution is 7.93. The van der Waals surface area contributed by atoms with E-state index in [0.29, 0.717) is 32.1 Å². The van der Waals surface area contributed by atoms with Crippen LogP contribution in [0.25, 0.3) is 0 Å². The molecule has 11 heteroatoms. The summed E-state index contributed by atoms with van der Waals surface area (Å²) in [6, 6.07) is 9.42. The van der Waals surface area contributed by atoms with Crippen molar-refractivity contribution in [2.45, 2.75) is 11.8 Å². The zero-order chi connectivity index (χ0) is 24.7. The largest absolute Gasteiger partial charge is 0.495 e. The summed E-state index contributed by atoms with van der Waals surface area (Å²) in [6.07, 6.45) is 0. The minimum Gasteiger partial charge on any atom is -0.495 e. The Kier molecular flexibility index (Phi) is 9.01. The summed E-state index contributed by atoms with van der Waals surface area (Å²) >= 11 is 6.27. The first-order valence-corrected chi connectivity index (χ1v) is 12.7. The first-order chi connectivity index (χ1) is 16.3. The molecule has 0 radical (unpaired) electrons. The summed E-state index contributed by atoms with van der Waals surface area (Å²) in [5, 5.41) is 3.04. The Morgan fingerprint density at radius 2 is 1.79 bits per heavy atom. The summed E-state index contributed by atoms with van der Waals surface area (Å²) in [4.78, 5) is 15.0. The summed E-state index contributed by atoms with van der Waals surface area (Å²) < 4.78 is 44.4. The molecule has 0 spiro atoms. The predicted octanol–water partition coefficient (Wildman–Crippen LogP) is 2.31. The first-order valence-electron chi connectivity index (χ1n) is 10.8. The number of carbonyl (C=O) groups is 1. The molecular formula is C23H30ClN3O6S. The van der Waals surface area contributed by atoms with Gasteiger partial charge in [-0.3, -0.25) is 14.0 Å². The van der Waals surface area contributed by atoms with E-state index >= 15 is 0 Å². The molecule has 1 aliphatic rings. The molecule has 3 rings (SSSR count). The molecule has 0 saturated carbocycles. The lowest BCUT2D eigenvalue weighted by atomic mass is 10.2. The van der Waals surface area contributed by atoms with Crippen LogP contribution in [-0.4, -0.2) is 79.4 Å². The van der Waals surface area contributed by atoms with Crippen molar-refractivity contribution < 1.29 is 27.4 Å². The number of rotatable bonds is 10. The normalized spacial score (nSPS) is 14.5. The van der Waals surface area contributed by atoms with E-state index in [9.17, 15) is 13.2 Å². The van der Waals surface area contributed by atoms with E-state index in [-0.39, 0.29) is 21.4 Å². The Balaban J connectivity index is 1.87. The van der Waals surface area contributed by atoms with Gasteiger partial charge >= 0.3 is 0 Å². The zero-order valence-corrected chi connectivity index (χ0v) is 21.1. The molecule has 1 saturated heterocycles. The van der Waals surface area contributed by atoms with Crippen molar-refractivity contribution in [2.75, 3.05) is 64.5 Å². The molecule has 0 atom stereocenters. The van der Waals surface area contributed by atoms with Gasteiger partial charge in [0.15, 0.2) is 0 Å². The van der Waals surface area contributed by atoms with Crippen LogP contribution in [0.1, 0.15) is 5.56 Å². The van der Waals surface area contributed by atoms with E-state index in [1.807, 2.05) is 0 Å². The monoisotopic (exact) mass is 511 g/mol. The SMILES string of the molecule is COc1ccc(N(CC(=O)NCCN2CCOCC2)S(=O)(=O)c2cc(C)ccc2OC)cc1Cl. The van der Waals surface area contributed by atoms with Crippen LogP contribution in [-0.2, 0) is 19.6 Å². The van der Waals surface area contributed by atoms with E-state index in [2.05, 4.69) is 10.2 Å². The Morgan fingerprint density at radius 1 is 1.12 bits per heavy atom. The molecular weight excluding hydrogens is 482 g/mol. The molecule has 1 amide bonds. The van der Waals surface area contributed by atoms with Crippen LogP contribution >= 0.6 is 11.6 Å². The Labute approximate surface area is 205 Å². The number of nitrogens with one attached hydrogen (secondary N) is 1. The lowest BCUT2D eigenvalue weighted by Crippen LogP contribution is -2.45. The first kappa shape index (κ1) is 26.1. The number of ether oxygens (including phenoxy) is 3. The fourth-order valence-corrected chi connectivity index (χ4v) is 5.50. The zero-order valence-electron chi connectivity index (χ0n) is 19.5. The average molecular weight is 512 g/mol. The molecule has 186 valence electrons. The summed E-state index contributed by atoms with van der Waals surface area (Å²) in [5.41, 5.74) is 0.972. The number of amides is 1. The van der Waals surface area contributed by atoms with Crippen LogP contribution in [0, 0.1) is 6.92 Å².